The smallest absolute Gasteiger partial charge is 0.161 e. The van der Waals surface area contributed by atoms with E-state index in [9.17, 15) is 0 Å². The van der Waals surface area contributed by atoms with E-state index in [0.717, 1.165) is 30.8 Å². The van der Waals surface area contributed by atoms with Crippen LogP contribution in [0.3, 0.4) is 0 Å². The molecule has 2 rings (SSSR count). The average molecular weight is 280 g/mol. The molecule has 1 atom stereocenters. The van der Waals surface area contributed by atoms with Gasteiger partial charge in [0.2, 0.25) is 0 Å². The molecule has 2 heterocycles. The highest BCUT2D eigenvalue weighted by Gasteiger charge is 2.21. The first-order valence-electron chi connectivity index (χ1n) is 6.37. The molecule has 0 aliphatic carbocycles. The average Bonchev–Trinajstić information content (AvgIpc) is 3.05. The van der Waals surface area contributed by atoms with E-state index in [1.54, 1.807) is 24.6 Å². The van der Waals surface area contributed by atoms with Crippen molar-refractivity contribution in [1.29, 1.82) is 0 Å². The molecule has 0 bridgehead atoms. The van der Waals surface area contributed by atoms with Crippen LogP contribution in [0.15, 0.2) is 23.0 Å². The molecule has 5 nitrogen and oxygen atoms in total. The lowest BCUT2D eigenvalue weighted by Gasteiger charge is -2.18. The molecule has 2 aromatic heterocycles. The Kier molecular flexibility index (Phi) is 4.95. The lowest BCUT2D eigenvalue weighted by molar-refractivity contribution is 0.390. The highest BCUT2D eigenvalue weighted by atomic mass is 32.1. The van der Waals surface area contributed by atoms with Crippen molar-refractivity contribution in [2.24, 2.45) is 5.84 Å². The molecule has 0 fully saturated rings. The van der Waals surface area contributed by atoms with Crippen molar-refractivity contribution in [3.8, 4) is 5.75 Å². The molecular weight excluding hydrogens is 260 g/mol. The molecule has 3 N–H and O–H groups in total. The number of nitrogens with zero attached hydrogens (tertiary/aromatic N) is 2. The number of rotatable bonds is 7. The second kappa shape index (κ2) is 6.70. The third-order valence-corrected chi connectivity index (χ3v) is 3.78. The van der Waals surface area contributed by atoms with Gasteiger partial charge in [0.15, 0.2) is 5.75 Å². The van der Waals surface area contributed by atoms with Crippen molar-refractivity contribution in [2.75, 3.05) is 7.11 Å². The first kappa shape index (κ1) is 14.0. The van der Waals surface area contributed by atoms with Gasteiger partial charge in [-0.25, -0.2) is 0 Å². The Bertz CT molecular complexity index is 495. The highest BCUT2D eigenvalue weighted by Crippen LogP contribution is 2.27. The number of hydrazine groups is 1. The predicted octanol–water partition coefficient (Wildman–Crippen LogP) is 2.11. The van der Waals surface area contributed by atoms with E-state index in [1.165, 1.54) is 5.56 Å². The van der Waals surface area contributed by atoms with Crippen molar-refractivity contribution < 1.29 is 4.74 Å². The lowest BCUT2D eigenvalue weighted by Crippen LogP contribution is -2.31. The number of methoxy groups -OCH3 is 1. The molecule has 0 radical (unpaired) electrons. The number of ether oxygens (including phenoxy) is 1. The maximum absolute atomic E-state index is 5.73. The van der Waals surface area contributed by atoms with Crippen molar-refractivity contribution >= 4 is 11.3 Å². The Morgan fingerprint density at radius 3 is 3.00 bits per heavy atom. The monoisotopic (exact) mass is 280 g/mol. The second-order valence-electron chi connectivity index (χ2n) is 4.38. The van der Waals surface area contributed by atoms with E-state index in [1.807, 2.05) is 4.68 Å². The first-order valence-corrected chi connectivity index (χ1v) is 7.31. The maximum atomic E-state index is 5.73. The minimum Gasteiger partial charge on any atom is -0.493 e. The van der Waals surface area contributed by atoms with Crippen LogP contribution in [0.25, 0.3) is 0 Å². The van der Waals surface area contributed by atoms with Gasteiger partial charge in [-0.05, 0) is 35.2 Å². The highest BCUT2D eigenvalue weighted by molar-refractivity contribution is 7.07. The molecule has 0 saturated heterocycles. The fourth-order valence-corrected chi connectivity index (χ4v) is 2.84. The minimum atomic E-state index is -0.00130. The van der Waals surface area contributed by atoms with Crippen molar-refractivity contribution in [2.45, 2.75) is 32.4 Å². The van der Waals surface area contributed by atoms with Crippen LogP contribution in [0.1, 0.15) is 30.6 Å². The number of nitrogens with one attached hydrogen (secondary N) is 1. The summed E-state index contributed by atoms with van der Waals surface area (Å²) < 4.78 is 7.37. The first-order chi connectivity index (χ1) is 9.30. The fourth-order valence-electron chi connectivity index (χ4n) is 2.16. The molecule has 1 unspecified atom stereocenters. The van der Waals surface area contributed by atoms with Crippen LogP contribution in [0.5, 0.6) is 5.75 Å². The molecule has 0 saturated carbocycles. The summed E-state index contributed by atoms with van der Waals surface area (Å²) in [7, 11) is 1.66. The molecule has 0 spiro atoms. The third-order valence-electron chi connectivity index (χ3n) is 3.05. The summed E-state index contributed by atoms with van der Waals surface area (Å²) in [5.41, 5.74) is 5.16. The summed E-state index contributed by atoms with van der Waals surface area (Å²) in [5, 5.41) is 8.58. The van der Waals surface area contributed by atoms with E-state index < -0.39 is 0 Å². The lowest BCUT2D eigenvalue weighted by atomic mass is 10.1. The number of thiophene rings is 1. The molecule has 0 aliphatic rings. The molecule has 0 aliphatic heterocycles. The zero-order chi connectivity index (χ0) is 13.7. The zero-order valence-corrected chi connectivity index (χ0v) is 12.1. The molecule has 6 heteroatoms. The van der Waals surface area contributed by atoms with E-state index in [-0.39, 0.29) is 6.04 Å². The molecule has 19 heavy (non-hydrogen) atoms. The number of hydrogen-bond acceptors (Lipinski definition) is 5. The topological polar surface area (TPSA) is 65.1 Å². The van der Waals surface area contributed by atoms with Crippen molar-refractivity contribution in [1.82, 2.24) is 15.2 Å². The Labute approximate surface area is 117 Å². The minimum absolute atomic E-state index is 0.00130. The second-order valence-corrected chi connectivity index (χ2v) is 5.16. The van der Waals surface area contributed by atoms with Gasteiger partial charge in [-0.3, -0.25) is 16.0 Å². The van der Waals surface area contributed by atoms with Gasteiger partial charge in [-0.1, -0.05) is 6.92 Å². The number of nitrogens with two attached hydrogens (primary N) is 1. The summed E-state index contributed by atoms with van der Waals surface area (Å²) >= 11 is 1.69. The summed E-state index contributed by atoms with van der Waals surface area (Å²) in [4.78, 5) is 0. The number of aromatic nitrogens is 2. The number of hydrogen-bond donors (Lipinski definition) is 2. The van der Waals surface area contributed by atoms with Crippen LogP contribution in [-0.2, 0) is 13.0 Å². The summed E-state index contributed by atoms with van der Waals surface area (Å²) in [6, 6.07) is 2.11. The fraction of sp³-hybridized carbons (Fsp3) is 0.462. The van der Waals surface area contributed by atoms with Crippen molar-refractivity contribution in [3.63, 3.8) is 0 Å². The SMILES string of the molecule is CCCn1ncc(OC)c1C(Cc1ccsc1)NN. The Balaban J connectivity index is 2.27. The Morgan fingerprint density at radius 2 is 2.42 bits per heavy atom. The van der Waals surface area contributed by atoms with Gasteiger partial charge in [0, 0.05) is 6.54 Å². The van der Waals surface area contributed by atoms with E-state index in [2.05, 4.69) is 34.3 Å². The van der Waals surface area contributed by atoms with Crippen LogP contribution >= 0.6 is 11.3 Å². The van der Waals surface area contributed by atoms with Gasteiger partial charge >= 0.3 is 0 Å². The van der Waals surface area contributed by atoms with Gasteiger partial charge in [-0.15, -0.1) is 0 Å². The van der Waals surface area contributed by atoms with Gasteiger partial charge in [0.25, 0.3) is 0 Å². The molecule has 2 aromatic rings. The van der Waals surface area contributed by atoms with Gasteiger partial charge in [-0.2, -0.15) is 16.4 Å². The summed E-state index contributed by atoms with van der Waals surface area (Å²) in [5.74, 6) is 6.51. The molecule has 104 valence electrons. The normalized spacial score (nSPS) is 12.6. The Morgan fingerprint density at radius 1 is 1.58 bits per heavy atom. The van der Waals surface area contributed by atoms with Crippen LogP contribution in [-0.4, -0.2) is 16.9 Å². The number of aryl methyl sites for hydroxylation is 1. The largest absolute Gasteiger partial charge is 0.493 e. The zero-order valence-electron chi connectivity index (χ0n) is 11.3. The van der Waals surface area contributed by atoms with Crippen LogP contribution in [0.2, 0.25) is 0 Å². The van der Waals surface area contributed by atoms with Gasteiger partial charge in [0.05, 0.1) is 25.0 Å². The Hall–Kier alpha value is -1.37. The molecular formula is C13H20N4OS. The quantitative estimate of drug-likeness (QED) is 0.602. The van der Waals surface area contributed by atoms with Crippen LogP contribution < -0.4 is 16.0 Å². The summed E-state index contributed by atoms with van der Waals surface area (Å²) in [6.45, 7) is 2.99. The van der Waals surface area contributed by atoms with Crippen LogP contribution in [0.4, 0.5) is 0 Å². The third kappa shape index (κ3) is 3.15. The predicted molar refractivity (Wildman–Crippen MR) is 77.2 cm³/mol. The van der Waals surface area contributed by atoms with E-state index in [0.29, 0.717) is 0 Å². The van der Waals surface area contributed by atoms with Gasteiger partial charge in [0.1, 0.15) is 0 Å². The standard InChI is InChI=1S/C13H20N4OS/c1-3-5-17-13(12(18-2)8-15-17)11(16-14)7-10-4-6-19-9-10/h4,6,8-9,11,16H,3,5,7,14H2,1-2H3. The van der Waals surface area contributed by atoms with Crippen molar-refractivity contribution in [3.05, 3.63) is 34.3 Å². The summed E-state index contributed by atoms with van der Waals surface area (Å²) in [6.07, 6.45) is 3.60. The van der Waals surface area contributed by atoms with Gasteiger partial charge < -0.3 is 4.74 Å². The molecule has 0 amide bonds. The van der Waals surface area contributed by atoms with E-state index in [4.69, 9.17) is 10.6 Å². The maximum Gasteiger partial charge on any atom is 0.161 e. The van der Waals surface area contributed by atoms with E-state index >= 15 is 0 Å². The molecule has 0 aromatic carbocycles. The van der Waals surface area contributed by atoms with Crippen LogP contribution in [0, 0.1) is 0 Å².